The van der Waals surface area contributed by atoms with Gasteiger partial charge < -0.3 is 28.4 Å². The first-order chi connectivity index (χ1) is 34.9. The van der Waals surface area contributed by atoms with E-state index in [2.05, 4.69) is 216 Å². The summed E-state index contributed by atoms with van der Waals surface area (Å²) >= 11 is 0. The molecule has 11 nitrogen and oxygen atoms in total. The molecule has 368 valence electrons. The predicted octanol–water partition coefficient (Wildman–Crippen LogP) is 11.1. The molecule has 3 aromatic heterocycles. The average molecular weight is 956 g/mol. The van der Waals surface area contributed by atoms with Crippen LogP contribution in [-0.4, -0.2) is 129 Å². The third kappa shape index (κ3) is 9.50. The minimum absolute atomic E-state index is 0.628. The highest BCUT2D eigenvalue weighted by atomic mass is 15.2. The Kier molecular flexibility index (Phi) is 13.1. The van der Waals surface area contributed by atoms with Gasteiger partial charge >= 0.3 is 0 Å². The fourth-order valence-corrected chi connectivity index (χ4v) is 11.3. The molecule has 0 saturated carbocycles. The molecule has 0 bridgehead atoms. The first kappa shape index (κ1) is 47.4. The predicted molar refractivity (Wildman–Crippen MR) is 298 cm³/mol. The molecule has 0 unspecified atom stereocenters. The second-order valence-corrected chi connectivity index (χ2v) is 21.0. The van der Waals surface area contributed by atoms with Crippen LogP contribution >= 0.6 is 0 Å². The van der Waals surface area contributed by atoms with E-state index < -0.39 is 0 Å². The molecule has 9 aromatic rings. The molecule has 2 aliphatic rings. The van der Waals surface area contributed by atoms with E-state index in [4.69, 9.17) is 9.97 Å². The summed E-state index contributed by atoms with van der Waals surface area (Å²) in [7, 11) is 17.4. The SMILES string of the molecule is CN(C)c1ccc(-c2nc3ccc(-c4ccc(CN5CCC(N(C)C)CC5)c(-c5cc(-c6ccc7nc(-c8ccc(-n9ccnc9)cc8)n(C)c7c6)ccc5CN5CCC(N(C)C)CC5)c4)cc3n2C)cc1. The molecule has 0 radical (unpaired) electrons. The fourth-order valence-electron chi connectivity index (χ4n) is 11.3. The van der Waals surface area contributed by atoms with Gasteiger partial charge in [0, 0.05) is 88.3 Å². The number of aryl methyl sites for hydroxylation is 2. The van der Waals surface area contributed by atoms with Crippen molar-refractivity contribution in [3.8, 4) is 61.8 Å². The van der Waals surface area contributed by atoms with Crippen LogP contribution in [0.25, 0.3) is 83.9 Å². The number of piperidine rings is 2. The minimum Gasteiger partial charge on any atom is -0.378 e. The zero-order valence-electron chi connectivity index (χ0n) is 43.4. The summed E-state index contributed by atoms with van der Waals surface area (Å²) in [6, 6.07) is 46.6. The van der Waals surface area contributed by atoms with E-state index in [0.29, 0.717) is 12.1 Å². The molecule has 72 heavy (non-hydrogen) atoms. The zero-order valence-corrected chi connectivity index (χ0v) is 43.4. The minimum atomic E-state index is 0.628. The van der Waals surface area contributed by atoms with Crippen molar-refractivity contribution in [3.63, 3.8) is 0 Å². The number of aromatic nitrogens is 6. The number of imidazole rings is 3. The molecule has 0 atom stereocenters. The van der Waals surface area contributed by atoms with Crippen LogP contribution < -0.4 is 4.90 Å². The van der Waals surface area contributed by atoms with E-state index in [-0.39, 0.29) is 0 Å². The molecule has 2 aliphatic heterocycles. The summed E-state index contributed by atoms with van der Waals surface area (Å²) in [5.74, 6) is 1.92. The maximum Gasteiger partial charge on any atom is 0.140 e. The normalized spacial score (nSPS) is 15.5. The van der Waals surface area contributed by atoms with Crippen molar-refractivity contribution in [3.05, 3.63) is 151 Å². The van der Waals surface area contributed by atoms with E-state index in [0.717, 1.165) is 89.8 Å². The van der Waals surface area contributed by atoms with E-state index >= 15 is 0 Å². The number of fused-ring (bicyclic) bond motifs is 2. The van der Waals surface area contributed by atoms with Gasteiger partial charge in [-0.2, -0.15) is 0 Å². The quantitative estimate of drug-likeness (QED) is 0.113. The van der Waals surface area contributed by atoms with Gasteiger partial charge in [-0.25, -0.2) is 15.0 Å². The summed E-state index contributed by atoms with van der Waals surface area (Å²) in [6.45, 7) is 6.20. The van der Waals surface area contributed by atoms with Crippen LogP contribution in [0.1, 0.15) is 36.8 Å². The monoisotopic (exact) mass is 956 g/mol. The van der Waals surface area contributed by atoms with Gasteiger partial charge in [0.1, 0.15) is 11.6 Å². The van der Waals surface area contributed by atoms with E-state index in [9.17, 15) is 0 Å². The fraction of sp³-hybridized carbons (Fsp3) is 0.328. The van der Waals surface area contributed by atoms with Crippen LogP contribution in [0.5, 0.6) is 0 Å². The Hall–Kier alpha value is -6.89. The molecular formula is C61H69N11. The van der Waals surface area contributed by atoms with Gasteiger partial charge in [-0.15, -0.1) is 0 Å². The summed E-state index contributed by atoms with van der Waals surface area (Å²) in [5, 5.41) is 0. The first-order valence-corrected chi connectivity index (χ1v) is 25.8. The van der Waals surface area contributed by atoms with Crippen molar-refractivity contribution in [2.24, 2.45) is 14.1 Å². The van der Waals surface area contributed by atoms with Gasteiger partial charge in [0.25, 0.3) is 0 Å². The highest BCUT2D eigenvalue weighted by Crippen LogP contribution is 2.39. The van der Waals surface area contributed by atoms with Crippen molar-refractivity contribution in [1.29, 1.82) is 0 Å². The van der Waals surface area contributed by atoms with Gasteiger partial charge in [-0.3, -0.25) is 9.80 Å². The lowest BCUT2D eigenvalue weighted by Crippen LogP contribution is -2.41. The van der Waals surface area contributed by atoms with Crippen LogP contribution in [0.4, 0.5) is 5.69 Å². The molecule has 0 N–H and O–H groups in total. The Morgan fingerprint density at radius 3 is 1.32 bits per heavy atom. The van der Waals surface area contributed by atoms with Gasteiger partial charge in [0.15, 0.2) is 0 Å². The average Bonchev–Trinajstić information content (AvgIpc) is 4.15. The van der Waals surface area contributed by atoms with Crippen molar-refractivity contribution in [2.75, 3.05) is 73.4 Å². The lowest BCUT2D eigenvalue weighted by Gasteiger charge is -2.36. The highest BCUT2D eigenvalue weighted by Gasteiger charge is 2.25. The van der Waals surface area contributed by atoms with Crippen molar-refractivity contribution in [1.82, 2.24) is 48.3 Å². The van der Waals surface area contributed by atoms with E-state index in [1.807, 2.05) is 17.1 Å². The number of rotatable bonds is 13. The molecule has 0 spiro atoms. The molecule has 6 aromatic carbocycles. The van der Waals surface area contributed by atoms with Crippen molar-refractivity contribution >= 4 is 27.8 Å². The molecule has 2 fully saturated rings. The van der Waals surface area contributed by atoms with Crippen molar-refractivity contribution in [2.45, 2.75) is 50.9 Å². The zero-order chi connectivity index (χ0) is 49.6. The second-order valence-electron chi connectivity index (χ2n) is 21.0. The summed E-state index contributed by atoms with van der Waals surface area (Å²) in [4.78, 5) is 26.8. The third-order valence-electron chi connectivity index (χ3n) is 15.9. The first-order valence-electron chi connectivity index (χ1n) is 25.8. The van der Waals surface area contributed by atoms with Gasteiger partial charge in [-0.05, 0) is 209 Å². The molecule has 11 rings (SSSR count). The maximum absolute atomic E-state index is 5.16. The molecule has 5 heterocycles. The molecule has 0 amide bonds. The number of hydrogen-bond donors (Lipinski definition) is 0. The lowest BCUT2D eigenvalue weighted by atomic mass is 9.88. The second kappa shape index (κ2) is 20.0. The third-order valence-corrected chi connectivity index (χ3v) is 15.9. The Balaban J connectivity index is 1.00. The van der Waals surface area contributed by atoms with Gasteiger partial charge in [-0.1, -0.05) is 36.4 Å². The van der Waals surface area contributed by atoms with Crippen LogP contribution in [0.15, 0.2) is 140 Å². The van der Waals surface area contributed by atoms with Gasteiger partial charge in [0.2, 0.25) is 0 Å². The Bertz CT molecular complexity index is 3330. The molecule has 11 heteroatoms. The van der Waals surface area contributed by atoms with Crippen LogP contribution in [0, 0.1) is 0 Å². The topological polar surface area (TPSA) is 69.7 Å². The number of benzene rings is 6. The Morgan fingerprint density at radius 2 is 0.903 bits per heavy atom. The standard InChI is InChI=1S/C61H69N11/c1-65(2)50-19-13-42(14-20-50)60-63-56-23-17-46(37-58(56)68(60)7)44-9-11-48(39-70-30-25-51(26-31-70)66(3)4)54(35-44)55-36-45(10-12-49(55)40-71-32-27-52(28-33-71)67(5)6)47-18-24-57-59(38-47)69(8)61(64-57)43-15-21-53(22-16-43)72-34-29-62-41-72/h9-24,29,34-38,41,51-52H,25-28,30-33,39-40H2,1-8H3. The largest absolute Gasteiger partial charge is 0.378 e. The van der Waals surface area contributed by atoms with Crippen LogP contribution in [0.2, 0.25) is 0 Å². The van der Waals surface area contributed by atoms with E-state index in [1.54, 1.807) is 6.20 Å². The van der Waals surface area contributed by atoms with Crippen LogP contribution in [-0.2, 0) is 27.2 Å². The highest BCUT2D eigenvalue weighted by molar-refractivity contribution is 5.89. The number of anilines is 1. The lowest BCUT2D eigenvalue weighted by molar-refractivity contribution is 0.139. The summed E-state index contributed by atoms with van der Waals surface area (Å²) in [5.41, 5.74) is 18.8. The Labute approximate surface area is 425 Å². The van der Waals surface area contributed by atoms with E-state index in [1.165, 1.54) is 75.9 Å². The number of nitrogens with zero attached hydrogens (tertiary/aromatic N) is 11. The summed E-state index contributed by atoms with van der Waals surface area (Å²) in [6.07, 6.45) is 10.3. The number of hydrogen-bond acceptors (Lipinski definition) is 8. The van der Waals surface area contributed by atoms with Gasteiger partial charge in [0.05, 0.1) is 28.4 Å². The summed E-state index contributed by atoms with van der Waals surface area (Å²) < 4.78 is 6.51. The van der Waals surface area contributed by atoms with Crippen LogP contribution in [0.3, 0.4) is 0 Å². The smallest absolute Gasteiger partial charge is 0.140 e. The molecule has 2 saturated heterocycles. The molecule has 0 aliphatic carbocycles. The maximum atomic E-state index is 5.16. The molecular weight excluding hydrogens is 887 g/mol. The van der Waals surface area contributed by atoms with Crippen molar-refractivity contribution < 1.29 is 0 Å². The Morgan fingerprint density at radius 1 is 0.486 bits per heavy atom. The number of likely N-dealkylation sites (tertiary alicyclic amines) is 2.